The molecule has 3 aromatic rings. The van der Waals surface area contributed by atoms with Crippen molar-refractivity contribution in [3.63, 3.8) is 0 Å². The molecule has 6 heteroatoms. The molecule has 0 saturated heterocycles. The predicted octanol–water partition coefficient (Wildman–Crippen LogP) is 4.34. The number of nitrogens with one attached hydrogen (secondary N) is 1. The van der Waals surface area contributed by atoms with Crippen molar-refractivity contribution in [2.24, 2.45) is 7.05 Å². The summed E-state index contributed by atoms with van der Waals surface area (Å²) in [4.78, 5) is 17.8. The van der Waals surface area contributed by atoms with Gasteiger partial charge in [-0.25, -0.2) is 4.98 Å². The van der Waals surface area contributed by atoms with Crippen molar-refractivity contribution >= 4 is 23.4 Å². The average molecular weight is 341 g/mol. The topological polar surface area (TPSA) is 60.1 Å². The summed E-state index contributed by atoms with van der Waals surface area (Å²) in [5.41, 5.74) is 2.24. The first-order valence-electron chi connectivity index (χ1n) is 7.59. The van der Waals surface area contributed by atoms with Crippen LogP contribution in [0.25, 0.3) is 0 Å². The first-order valence-corrected chi connectivity index (χ1v) is 8.40. The molecule has 0 aliphatic heterocycles. The SMILES string of the molecule is Cc1oc(C)c(C(=O)Nc2ccc(Sc3nccn3C)cc2)c1C. The van der Waals surface area contributed by atoms with Crippen molar-refractivity contribution in [3.8, 4) is 0 Å². The summed E-state index contributed by atoms with van der Waals surface area (Å²) in [6.45, 7) is 5.57. The molecule has 0 fully saturated rings. The van der Waals surface area contributed by atoms with Crippen LogP contribution in [0.4, 0.5) is 5.69 Å². The van der Waals surface area contributed by atoms with Crippen molar-refractivity contribution in [2.45, 2.75) is 30.8 Å². The molecule has 2 aromatic heterocycles. The highest BCUT2D eigenvalue weighted by Gasteiger charge is 2.18. The van der Waals surface area contributed by atoms with Gasteiger partial charge in [0.2, 0.25) is 0 Å². The van der Waals surface area contributed by atoms with E-state index in [1.165, 1.54) is 0 Å². The van der Waals surface area contributed by atoms with Crippen LogP contribution in [0.3, 0.4) is 0 Å². The average Bonchev–Trinajstić information content (AvgIpc) is 3.05. The second kappa shape index (κ2) is 6.57. The van der Waals surface area contributed by atoms with E-state index in [0.717, 1.165) is 27.1 Å². The number of hydrogen-bond donors (Lipinski definition) is 1. The second-order valence-electron chi connectivity index (χ2n) is 5.62. The molecule has 0 aliphatic rings. The van der Waals surface area contributed by atoms with E-state index in [1.54, 1.807) is 18.0 Å². The molecule has 1 aromatic carbocycles. The normalized spacial score (nSPS) is 10.8. The van der Waals surface area contributed by atoms with E-state index in [4.69, 9.17) is 4.42 Å². The van der Waals surface area contributed by atoms with E-state index in [0.29, 0.717) is 11.3 Å². The minimum Gasteiger partial charge on any atom is -0.466 e. The summed E-state index contributed by atoms with van der Waals surface area (Å²) < 4.78 is 7.49. The van der Waals surface area contributed by atoms with E-state index in [9.17, 15) is 4.79 Å². The van der Waals surface area contributed by atoms with Crippen molar-refractivity contribution in [3.05, 3.63) is 59.3 Å². The maximum Gasteiger partial charge on any atom is 0.259 e. The number of anilines is 1. The fraction of sp³-hybridized carbons (Fsp3) is 0.222. The number of carbonyl (C=O) groups excluding carboxylic acids is 1. The van der Waals surface area contributed by atoms with Gasteiger partial charge in [0.1, 0.15) is 11.5 Å². The minimum atomic E-state index is -0.147. The molecule has 0 bridgehead atoms. The number of benzene rings is 1. The first kappa shape index (κ1) is 16.4. The van der Waals surface area contributed by atoms with E-state index < -0.39 is 0 Å². The third-order valence-corrected chi connectivity index (χ3v) is 4.97. The van der Waals surface area contributed by atoms with Gasteiger partial charge in [0, 0.05) is 35.6 Å². The monoisotopic (exact) mass is 341 g/mol. The summed E-state index contributed by atoms with van der Waals surface area (Å²) in [5.74, 6) is 1.27. The van der Waals surface area contributed by atoms with E-state index in [2.05, 4.69) is 10.3 Å². The quantitative estimate of drug-likeness (QED) is 0.767. The van der Waals surface area contributed by atoms with Crippen LogP contribution in [0.5, 0.6) is 0 Å². The van der Waals surface area contributed by atoms with Gasteiger partial charge in [-0.3, -0.25) is 4.79 Å². The Morgan fingerprint density at radius 2 is 1.88 bits per heavy atom. The van der Waals surface area contributed by atoms with Crippen LogP contribution in [0.15, 0.2) is 51.1 Å². The highest BCUT2D eigenvalue weighted by Crippen LogP contribution is 2.27. The lowest BCUT2D eigenvalue weighted by Crippen LogP contribution is -2.13. The molecule has 3 rings (SSSR count). The number of hydrogen-bond acceptors (Lipinski definition) is 4. The maximum atomic E-state index is 12.5. The first-order chi connectivity index (χ1) is 11.5. The van der Waals surface area contributed by atoms with Gasteiger partial charge in [0.15, 0.2) is 5.16 Å². The molecule has 1 amide bonds. The molecule has 0 saturated carbocycles. The summed E-state index contributed by atoms with van der Waals surface area (Å²) in [7, 11) is 1.96. The molecule has 2 heterocycles. The van der Waals surface area contributed by atoms with Crippen molar-refractivity contribution in [2.75, 3.05) is 5.32 Å². The zero-order chi connectivity index (χ0) is 17.3. The van der Waals surface area contributed by atoms with Crippen LogP contribution >= 0.6 is 11.8 Å². The maximum absolute atomic E-state index is 12.5. The minimum absolute atomic E-state index is 0.147. The molecular weight excluding hydrogens is 322 g/mol. The Hall–Kier alpha value is -2.47. The van der Waals surface area contributed by atoms with Crippen molar-refractivity contribution < 1.29 is 9.21 Å². The Morgan fingerprint density at radius 3 is 2.42 bits per heavy atom. The van der Waals surface area contributed by atoms with Gasteiger partial charge in [0.25, 0.3) is 5.91 Å². The number of aryl methyl sites for hydroxylation is 3. The van der Waals surface area contributed by atoms with Gasteiger partial charge in [-0.1, -0.05) is 11.8 Å². The van der Waals surface area contributed by atoms with Crippen molar-refractivity contribution in [1.82, 2.24) is 9.55 Å². The van der Waals surface area contributed by atoms with E-state index in [1.807, 2.05) is 62.8 Å². The third kappa shape index (κ3) is 3.23. The van der Waals surface area contributed by atoms with Gasteiger partial charge in [-0.05, 0) is 45.0 Å². The number of nitrogens with zero attached hydrogens (tertiary/aromatic N) is 2. The fourth-order valence-electron chi connectivity index (χ4n) is 2.48. The third-order valence-electron chi connectivity index (χ3n) is 3.89. The molecular formula is C18H19N3O2S. The molecule has 0 aliphatic carbocycles. The van der Waals surface area contributed by atoms with Crippen LogP contribution in [0.2, 0.25) is 0 Å². The molecule has 1 N–H and O–H groups in total. The molecule has 5 nitrogen and oxygen atoms in total. The van der Waals surface area contributed by atoms with Gasteiger partial charge >= 0.3 is 0 Å². The standard InChI is InChI=1S/C18H19N3O2S/c1-11-12(2)23-13(3)16(11)17(22)20-14-5-7-15(8-6-14)24-18-19-9-10-21(18)4/h5-10H,1-4H3,(H,20,22). The number of aromatic nitrogens is 2. The Kier molecular flexibility index (Phi) is 4.49. The Labute approximate surface area is 145 Å². The van der Waals surface area contributed by atoms with Crippen LogP contribution in [0.1, 0.15) is 27.4 Å². The predicted molar refractivity (Wildman–Crippen MR) is 94.6 cm³/mol. The summed E-state index contributed by atoms with van der Waals surface area (Å²) >= 11 is 1.58. The van der Waals surface area contributed by atoms with Crippen LogP contribution in [0, 0.1) is 20.8 Å². The molecule has 0 atom stereocenters. The van der Waals surface area contributed by atoms with Gasteiger partial charge in [-0.15, -0.1) is 0 Å². The molecule has 0 spiro atoms. The number of carbonyl (C=O) groups is 1. The zero-order valence-corrected chi connectivity index (χ0v) is 14.9. The molecule has 0 unspecified atom stereocenters. The van der Waals surface area contributed by atoms with E-state index in [-0.39, 0.29) is 5.91 Å². The van der Waals surface area contributed by atoms with Crippen molar-refractivity contribution in [1.29, 1.82) is 0 Å². The highest BCUT2D eigenvalue weighted by molar-refractivity contribution is 7.99. The van der Waals surface area contributed by atoms with Gasteiger partial charge < -0.3 is 14.3 Å². The Balaban J connectivity index is 1.72. The lowest BCUT2D eigenvalue weighted by molar-refractivity contribution is 0.102. The summed E-state index contributed by atoms with van der Waals surface area (Å²) in [5, 5.41) is 3.84. The number of rotatable bonds is 4. The Bertz CT molecular complexity index is 878. The van der Waals surface area contributed by atoms with Crippen LogP contribution in [-0.4, -0.2) is 15.5 Å². The number of imidazole rings is 1. The molecule has 124 valence electrons. The van der Waals surface area contributed by atoms with Crippen LogP contribution in [-0.2, 0) is 7.05 Å². The zero-order valence-electron chi connectivity index (χ0n) is 14.1. The lowest BCUT2D eigenvalue weighted by Gasteiger charge is -2.07. The summed E-state index contributed by atoms with van der Waals surface area (Å²) in [6, 6.07) is 7.71. The largest absolute Gasteiger partial charge is 0.466 e. The number of amides is 1. The van der Waals surface area contributed by atoms with E-state index >= 15 is 0 Å². The molecule has 24 heavy (non-hydrogen) atoms. The number of furan rings is 1. The smallest absolute Gasteiger partial charge is 0.259 e. The molecule has 0 radical (unpaired) electrons. The second-order valence-corrected chi connectivity index (χ2v) is 6.66. The fourth-order valence-corrected chi connectivity index (χ4v) is 3.28. The highest BCUT2D eigenvalue weighted by atomic mass is 32.2. The van der Waals surface area contributed by atoms with Crippen LogP contribution < -0.4 is 5.32 Å². The summed E-state index contributed by atoms with van der Waals surface area (Å²) in [6.07, 6.45) is 3.68. The Morgan fingerprint density at radius 1 is 1.17 bits per heavy atom. The van der Waals surface area contributed by atoms with Gasteiger partial charge in [-0.2, -0.15) is 0 Å². The van der Waals surface area contributed by atoms with Gasteiger partial charge in [0.05, 0.1) is 5.56 Å². The lowest BCUT2D eigenvalue weighted by atomic mass is 10.1.